The molecule has 1 amide bonds. The molecule has 2 aromatic carbocycles. The molecule has 25 heavy (non-hydrogen) atoms. The van der Waals surface area contributed by atoms with Crippen molar-refractivity contribution in [2.75, 3.05) is 5.32 Å². The van der Waals surface area contributed by atoms with E-state index in [1.807, 2.05) is 44.2 Å². The van der Waals surface area contributed by atoms with Gasteiger partial charge in [0.25, 0.3) is 5.91 Å². The Bertz CT molecular complexity index is 862. The van der Waals surface area contributed by atoms with Crippen LogP contribution in [0.25, 0.3) is 0 Å². The Morgan fingerprint density at radius 1 is 1.08 bits per heavy atom. The zero-order valence-corrected chi connectivity index (χ0v) is 14.6. The Labute approximate surface area is 147 Å². The fourth-order valence-corrected chi connectivity index (χ4v) is 2.60. The average Bonchev–Trinajstić information content (AvgIpc) is 3.00. The maximum absolute atomic E-state index is 12.2. The summed E-state index contributed by atoms with van der Waals surface area (Å²) in [6.07, 6.45) is 1.78. The number of benzene rings is 2. The molecule has 5 heteroatoms. The van der Waals surface area contributed by atoms with E-state index in [1.54, 1.807) is 36.1 Å². The van der Waals surface area contributed by atoms with Gasteiger partial charge in [0, 0.05) is 24.9 Å². The van der Waals surface area contributed by atoms with Crippen LogP contribution in [0.3, 0.4) is 0 Å². The molecule has 1 heterocycles. The largest absolute Gasteiger partial charge is 0.488 e. The van der Waals surface area contributed by atoms with E-state index in [2.05, 4.69) is 10.4 Å². The topological polar surface area (TPSA) is 56.1 Å². The summed E-state index contributed by atoms with van der Waals surface area (Å²) in [6.45, 7) is 4.54. The smallest absolute Gasteiger partial charge is 0.256 e. The number of amides is 1. The van der Waals surface area contributed by atoms with Gasteiger partial charge in [-0.15, -0.1) is 0 Å². The fourth-order valence-electron chi connectivity index (χ4n) is 2.60. The van der Waals surface area contributed by atoms with Crippen molar-refractivity contribution in [1.82, 2.24) is 9.78 Å². The molecule has 0 radical (unpaired) electrons. The number of nitrogens with zero attached hydrogens (tertiary/aromatic N) is 2. The van der Waals surface area contributed by atoms with Gasteiger partial charge in [0.05, 0.1) is 0 Å². The number of carbonyl (C=O) groups excluding carboxylic acids is 1. The molecule has 1 N–H and O–H groups in total. The van der Waals surface area contributed by atoms with Crippen LogP contribution in [-0.2, 0) is 13.7 Å². The van der Waals surface area contributed by atoms with Gasteiger partial charge in [0.15, 0.2) is 5.82 Å². The zero-order chi connectivity index (χ0) is 17.8. The molecular weight excluding hydrogens is 314 g/mol. The lowest BCUT2D eigenvalue weighted by Gasteiger charge is -2.12. The standard InChI is InChI=1S/C20H21N3O2/c1-14-5-4-6-15(2)19(14)25-13-16-7-9-17(10-8-16)20(24)21-18-11-12-23(3)22-18/h4-12H,13H2,1-3H3,(H,21,22,24). The van der Waals surface area contributed by atoms with Crippen molar-refractivity contribution in [3.05, 3.63) is 77.0 Å². The van der Waals surface area contributed by atoms with Crippen LogP contribution in [0.15, 0.2) is 54.7 Å². The molecular formula is C20H21N3O2. The molecule has 5 nitrogen and oxygen atoms in total. The van der Waals surface area contributed by atoms with Crippen LogP contribution >= 0.6 is 0 Å². The highest BCUT2D eigenvalue weighted by molar-refractivity contribution is 6.03. The third kappa shape index (κ3) is 4.07. The maximum Gasteiger partial charge on any atom is 0.256 e. The van der Waals surface area contributed by atoms with Crippen molar-refractivity contribution in [2.24, 2.45) is 7.05 Å². The number of hydrogen-bond acceptors (Lipinski definition) is 3. The van der Waals surface area contributed by atoms with E-state index in [1.165, 1.54) is 0 Å². The minimum absolute atomic E-state index is 0.180. The molecule has 0 fully saturated rings. The van der Waals surface area contributed by atoms with Crippen molar-refractivity contribution in [3.8, 4) is 5.75 Å². The minimum atomic E-state index is -0.180. The zero-order valence-electron chi connectivity index (χ0n) is 14.6. The number of nitrogens with one attached hydrogen (secondary N) is 1. The molecule has 0 saturated carbocycles. The van der Waals surface area contributed by atoms with Crippen LogP contribution in [0.5, 0.6) is 5.75 Å². The van der Waals surface area contributed by atoms with Crippen molar-refractivity contribution in [2.45, 2.75) is 20.5 Å². The van der Waals surface area contributed by atoms with Crippen molar-refractivity contribution in [3.63, 3.8) is 0 Å². The van der Waals surface area contributed by atoms with Gasteiger partial charge in [-0.05, 0) is 42.7 Å². The Hall–Kier alpha value is -3.08. The van der Waals surface area contributed by atoms with E-state index in [-0.39, 0.29) is 5.91 Å². The molecule has 3 aromatic rings. The van der Waals surface area contributed by atoms with Gasteiger partial charge in [-0.25, -0.2) is 0 Å². The lowest BCUT2D eigenvalue weighted by atomic mass is 10.1. The summed E-state index contributed by atoms with van der Waals surface area (Å²) in [5.74, 6) is 1.27. The molecule has 0 unspecified atom stereocenters. The second-order valence-electron chi connectivity index (χ2n) is 6.04. The molecule has 0 atom stereocenters. The first-order valence-electron chi connectivity index (χ1n) is 8.12. The monoisotopic (exact) mass is 335 g/mol. The molecule has 3 rings (SSSR count). The summed E-state index contributed by atoms with van der Waals surface area (Å²) in [5, 5.41) is 6.91. The second kappa shape index (κ2) is 7.21. The quantitative estimate of drug-likeness (QED) is 0.770. The molecule has 0 bridgehead atoms. The molecule has 1 aromatic heterocycles. The summed E-state index contributed by atoms with van der Waals surface area (Å²) in [4.78, 5) is 12.2. The first kappa shape index (κ1) is 16.8. The lowest BCUT2D eigenvalue weighted by Crippen LogP contribution is -2.12. The Morgan fingerprint density at radius 2 is 1.76 bits per heavy atom. The second-order valence-corrected chi connectivity index (χ2v) is 6.04. The Balaban J connectivity index is 1.63. The molecule has 0 aliphatic rings. The summed E-state index contributed by atoms with van der Waals surface area (Å²) in [5.41, 5.74) is 3.83. The average molecular weight is 335 g/mol. The molecule has 0 saturated heterocycles. The van der Waals surface area contributed by atoms with Crippen molar-refractivity contribution in [1.29, 1.82) is 0 Å². The van der Waals surface area contributed by atoms with Gasteiger partial charge >= 0.3 is 0 Å². The van der Waals surface area contributed by atoms with Crippen LogP contribution in [-0.4, -0.2) is 15.7 Å². The van der Waals surface area contributed by atoms with E-state index in [0.29, 0.717) is 18.0 Å². The number of aromatic nitrogens is 2. The van der Waals surface area contributed by atoms with E-state index < -0.39 is 0 Å². The van der Waals surface area contributed by atoms with Gasteiger partial charge in [-0.3, -0.25) is 9.48 Å². The fraction of sp³-hybridized carbons (Fsp3) is 0.200. The van der Waals surface area contributed by atoms with E-state index >= 15 is 0 Å². The van der Waals surface area contributed by atoms with E-state index in [9.17, 15) is 4.79 Å². The van der Waals surface area contributed by atoms with Gasteiger partial charge in [0.2, 0.25) is 0 Å². The predicted molar refractivity (Wildman–Crippen MR) is 97.9 cm³/mol. The predicted octanol–water partition coefficient (Wildman–Crippen LogP) is 3.87. The first-order chi connectivity index (χ1) is 12.0. The normalized spacial score (nSPS) is 10.5. The molecule has 0 spiro atoms. The first-order valence-corrected chi connectivity index (χ1v) is 8.12. The van der Waals surface area contributed by atoms with E-state index in [0.717, 1.165) is 22.4 Å². The number of carbonyl (C=O) groups is 1. The van der Waals surface area contributed by atoms with Crippen LogP contribution in [0, 0.1) is 13.8 Å². The van der Waals surface area contributed by atoms with E-state index in [4.69, 9.17) is 4.74 Å². The number of anilines is 1. The van der Waals surface area contributed by atoms with Crippen LogP contribution in [0.2, 0.25) is 0 Å². The highest BCUT2D eigenvalue weighted by Crippen LogP contribution is 2.23. The van der Waals surface area contributed by atoms with Crippen LogP contribution in [0.4, 0.5) is 5.82 Å². The van der Waals surface area contributed by atoms with Gasteiger partial charge in [0.1, 0.15) is 12.4 Å². The van der Waals surface area contributed by atoms with Crippen molar-refractivity contribution >= 4 is 11.7 Å². The Morgan fingerprint density at radius 3 is 2.36 bits per heavy atom. The van der Waals surface area contributed by atoms with Crippen LogP contribution < -0.4 is 10.1 Å². The molecule has 128 valence electrons. The van der Waals surface area contributed by atoms with Gasteiger partial charge in [-0.2, -0.15) is 5.10 Å². The molecule has 0 aliphatic carbocycles. The Kier molecular flexibility index (Phi) is 4.84. The van der Waals surface area contributed by atoms with Gasteiger partial charge < -0.3 is 10.1 Å². The number of rotatable bonds is 5. The third-order valence-corrected chi connectivity index (χ3v) is 3.96. The SMILES string of the molecule is Cc1cccc(C)c1OCc1ccc(C(=O)Nc2ccn(C)n2)cc1. The van der Waals surface area contributed by atoms with Crippen LogP contribution in [0.1, 0.15) is 27.0 Å². The summed E-state index contributed by atoms with van der Waals surface area (Å²) in [6, 6.07) is 15.2. The summed E-state index contributed by atoms with van der Waals surface area (Å²) < 4.78 is 7.58. The number of aryl methyl sites for hydroxylation is 3. The maximum atomic E-state index is 12.2. The number of hydrogen-bond donors (Lipinski definition) is 1. The minimum Gasteiger partial charge on any atom is -0.488 e. The molecule has 0 aliphatic heterocycles. The third-order valence-electron chi connectivity index (χ3n) is 3.96. The highest BCUT2D eigenvalue weighted by atomic mass is 16.5. The van der Waals surface area contributed by atoms with Gasteiger partial charge in [-0.1, -0.05) is 30.3 Å². The number of para-hydroxylation sites is 1. The number of ether oxygens (including phenoxy) is 1. The lowest BCUT2D eigenvalue weighted by molar-refractivity contribution is 0.102. The van der Waals surface area contributed by atoms with Crippen molar-refractivity contribution < 1.29 is 9.53 Å². The summed E-state index contributed by atoms with van der Waals surface area (Å²) >= 11 is 0. The highest BCUT2D eigenvalue weighted by Gasteiger charge is 2.08. The summed E-state index contributed by atoms with van der Waals surface area (Å²) in [7, 11) is 1.81.